The van der Waals surface area contributed by atoms with E-state index < -0.39 is 6.10 Å². The van der Waals surface area contributed by atoms with Crippen molar-refractivity contribution in [3.8, 4) is 11.5 Å². The van der Waals surface area contributed by atoms with E-state index in [1.807, 2.05) is 6.07 Å². The van der Waals surface area contributed by atoms with E-state index in [1.165, 1.54) is 6.42 Å². The van der Waals surface area contributed by atoms with Gasteiger partial charge in [0, 0.05) is 6.61 Å². The molecule has 2 unspecified atom stereocenters. The molecule has 0 aliphatic carbocycles. The Bertz CT molecular complexity index is 429. The van der Waals surface area contributed by atoms with Crippen LogP contribution >= 0.6 is 0 Å². The number of methoxy groups -OCH3 is 2. The van der Waals surface area contributed by atoms with Crippen LogP contribution in [0.15, 0.2) is 18.2 Å². The van der Waals surface area contributed by atoms with Crippen LogP contribution in [0.4, 0.5) is 0 Å². The third kappa shape index (κ3) is 4.59. The van der Waals surface area contributed by atoms with E-state index >= 15 is 0 Å². The highest BCUT2D eigenvalue weighted by molar-refractivity contribution is 5.43. The second-order valence-corrected chi connectivity index (χ2v) is 5.16. The van der Waals surface area contributed by atoms with Crippen LogP contribution in [0.1, 0.15) is 30.9 Å². The molecule has 2 atom stereocenters. The fourth-order valence-electron chi connectivity index (χ4n) is 2.41. The van der Waals surface area contributed by atoms with Crippen LogP contribution in [0.3, 0.4) is 0 Å². The summed E-state index contributed by atoms with van der Waals surface area (Å²) in [5, 5.41) is 10.2. The molecule has 1 aliphatic heterocycles. The van der Waals surface area contributed by atoms with Gasteiger partial charge in [-0.25, -0.2) is 0 Å². The van der Waals surface area contributed by atoms with E-state index in [4.69, 9.17) is 18.9 Å². The number of hydrogen-bond donors (Lipinski definition) is 1. The first-order chi connectivity index (χ1) is 10.2. The maximum atomic E-state index is 10.2. The van der Waals surface area contributed by atoms with Crippen molar-refractivity contribution in [1.29, 1.82) is 0 Å². The Kier molecular flexibility index (Phi) is 6.29. The minimum Gasteiger partial charge on any atom is -0.493 e. The maximum absolute atomic E-state index is 10.2. The Labute approximate surface area is 125 Å². The monoisotopic (exact) mass is 296 g/mol. The average Bonchev–Trinajstić information content (AvgIpc) is 2.55. The molecule has 21 heavy (non-hydrogen) atoms. The predicted molar refractivity (Wildman–Crippen MR) is 78.9 cm³/mol. The lowest BCUT2D eigenvalue weighted by Gasteiger charge is -2.23. The van der Waals surface area contributed by atoms with Gasteiger partial charge in [0.05, 0.1) is 33.5 Å². The van der Waals surface area contributed by atoms with E-state index in [-0.39, 0.29) is 12.7 Å². The van der Waals surface area contributed by atoms with Crippen molar-refractivity contribution in [1.82, 2.24) is 0 Å². The summed E-state index contributed by atoms with van der Waals surface area (Å²) in [7, 11) is 3.16. The van der Waals surface area contributed by atoms with Gasteiger partial charge in [-0.1, -0.05) is 6.07 Å². The van der Waals surface area contributed by atoms with E-state index in [2.05, 4.69) is 0 Å². The van der Waals surface area contributed by atoms with Crippen LogP contribution in [0.5, 0.6) is 11.5 Å². The highest BCUT2D eigenvalue weighted by Gasteiger charge is 2.16. The van der Waals surface area contributed by atoms with Crippen molar-refractivity contribution >= 4 is 0 Å². The number of benzene rings is 1. The molecule has 0 aromatic heterocycles. The van der Waals surface area contributed by atoms with Crippen LogP contribution in [-0.2, 0) is 9.47 Å². The highest BCUT2D eigenvalue weighted by Crippen LogP contribution is 2.30. The van der Waals surface area contributed by atoms with Gasteiger partial charge in [0.2, 0.25) is 0 Å². The van der Waals surface area contributed by atoms with Gasteiger partial charge in [-0.3, -0.25) is 0 Å². The van der Waals surface area contributed by atoms with Gasteiger partial charge < -0.3 is 24.1 Å². The largest absolute Gasteiger partial charge is 0.493 e. The Morgan fingerprint density at radius 2 is 2.05 bits per heavy atom. The molecule has 0 bridgehead atoms. The molecule has 118 valence electrons. The van der Waals surface area contributed by atoms with E-state index in [0.29, 0.717) is 18.1 Å². The number of ether oxygens (including phenoxy) is 4. The van der Waals surface area contributed by atoms with Crippen molar-refractivity contribution < 1.29 is 24.1 Å². The molecule has 5 heteroatoms. The first kappa shape index (κ1) is 16.1. The number of rotatable bonds is 7. The third-order valence-corrected chi connectivity index (χ3v) is 3.65. The maximum Gasteiger partial charge on any atom is 0.161 e. The van der Waals surface area contributed by atoms with E-state index in [1.54, 1.807) is 26.4 Å². The fraction of sp³-hybridized carbons (Fsp3) is 0.625. The molecule has 0 radical (unpaired) electrons. The van der Waals surface area contributed by atoms with Gasteiger partial charge in [-0.2, -0.15) is 0 Å². The SMILES string of the molecule is COc1ccc(C(O)COCC2CCCCO2)cc1OC. The van der Waals surface area contributed by atoms with Crippen LogP contribution in [-0.4, -0.2) is 45.3 Å². The Morgan fingerprint density at radius 3 is 2.71 bits per heavy atom. The van der Waals surface area contributed by atoms with Crippen LogP contribution in [0, 0.1) is 0 Å². The molecule has 2 rings (SSSR count). The summed E-state index contributed by atoms with van der Waals surface area (Å²) in [6, 6.07) is 5.36. The van der Waals surface area contributed by atoms with Gasteiger partial charge >= 0.3 is 0 Å². The standard InChI is InChI=1S/C16H24O5/c1-18-15-7-6-12(9-16(15)19-2)14(17)11-20-10-13-5-3-4-8-21-13/h6-7,9,13-14,17H,3-5,8,10-11H2,1-2H3. The zero-order valence-corrected chi connectivity index (χ0v) is 12.7. The molecular formula is C16H24O5. The first-order valence-electron chi connectivity index (χ1n) is 7.34. The quantitative estimate of drug-likeness (QED) is 0.837. The van der Waals surface area contributed by atoms with Crippen LogP contribution in [0.25, 0.3) is 0 Å². The zero-order valence-electron chi connectivity index (χ0n) is 12.7. The predicted octanol–water partition coefficient (Wildman–Crippen LogP) is 2.32. The molecule has 1 heterocycles. The third-order valence-electron chi connectivity index (χ3n) is 3.65. The molecule has 0 saturated carbocycles. The van der Waals surface area contributed by atoms with Gasteiger partial charge in [0.1, 0.15) is 6.10 Å². The van der Waals surface area contributed by atoms with Crippen molar-refractivity contribution in [3.63, 3.8) is 0 Å². The Morgan fingerprint density at radius 1 is 1.24 bits per heavy atom. The molecule has 1 fully saturated rings. The Hall–Kier alpha value is -1.30. The second-order valence-electron chi connectivity index (χ2n) is 5.16. The second kappa shape index (κ2) is 8.22. The smallest absolute Gasteiger partial charge is 0.161 e. The lowest BCUT2D eigenvalue weighted by molar-refractivity contribution is -0.0574. The van der Waals surface area contributed by atoms with Gasteiger partial charge in [0.25, 0.3) is 0 Å². The average molecular weight is 296 g/mol. The van der Waals surface area contributed by atoms with Gasteiger partial charge in [-0.15, -0.1) is 0 Å². The summed E-state index contributed by atoms with van der Waals surface area (Å²) in [5.41, 5.74) is 0.747. The lowest BCUT2D eigenvalue weighted by atomic mass is 10.1. The van der Waals surface area contributed by atoms with E-state index in [0.717, 1.165) is 25.0 Å². The van der Waals surface area contributed by atoms with Gasteiger partial charge in [0.15, 0.2) is 11.5 Å². The van der Waals surface area contributed by atoms with E-state index in [9.17, 15) is 5.11 Å². The van der Waals surface area contributed by atoms with Crippen molar-refractivity contribution in [2.45, 2.75) is 31.5 Å². The summed E-state index contributed by atoms with van der Waals surface area (Å²) in [6.07, 6.45) is 2.83. The Balaban J connectivity index is 1.83. The highest BCUT2D eigenvalue weighted by atomic mass is 16.5. The molecule has 1 aromatic carbocycles. The normalized spacial score (nSPS) is 20.0. The van der Waals surface area contributed by atoms with Crippen LogP contribution in [0.2, 0.25) is 0 Å². The summed E-state index contributed by atoms with van der Waals surface area (Å²) in [5.74, 6) is 1.25. The van der Waals surface area contributed by atoms with Crippen molar-refractivity contribution in [2.75, 3.05) is 34.0 Å². The van der Waals surface area contributed by atoms with Crippen molar-refractivity contribution in [2.24, 2.45) is 0 Å². The molecule has 0 spiro atoms. The number of hydrogen-bond acceptors (Lipinski definition) is 5. The first-order valence-corrected chi connectivity index (χ1v) is 7.34. The molecule has 0 amide bonds. The lowest BCUT2D eigenvalue weighted by Crippen LogP contribution is -2.25. The molecule has 1 saturated heterocycles. The fourth-order valence-corrected chi connectivity index (χ4v) is 2.41. The molecule has 5 nitrogen and oxygen atoms in total. The summed E-state index contributed by atoms with van der Waals surface area (Å²) < 4.78 is 21.6. The molecule has 1 N–H and O–H groups in total. The summed E-state index contributed by atoms with van der Waals surface area (Å²) in [6.45, 7) is 1.59. The number of aliphatic hydroxyl groups is 1. The topological polar surface area (TPSA) is 57.2 Å². The summed E-state index contributed by atoms with van der Waals surface area (Å²) in [4.78, 5) is 0. The summed E-state index contributed by atoms with van der Waals surface area (Å²) >= 11 is 0. The van der Waals surface area contributed by atoms with Crippen molar-refractivity contribution in [3.05, 3.63) is 23.8 Å². The number of aliphatic hydroxyl groups excluding tert-OH is 1. The minimum absolute atomic E-state index is 0.163. The molecular weight excluding hydrogens is 272 g/mol. The molecule has 1 aromatic rings. The van der Waals surface area contributed by atoms with Crippen LogP contribution < -0.4 is 9.47 Å². The van der Waals surface area contributed by atoms with Gasteiger partial charge in [-0.05, 0) is 37.0 Å². The zero-order chi connectivity index (χ0) is 15.1. The minimum atomic E-state index is -0.687. The molecule has 1 aliphatic rings.